The number of hydrogen-bond acceptors (Lipinski definition) is 5. The first kappa shape index (κ1) is 22.8. The van der Waals surface area contributed by atoms with Crippen molar-refractivity contribution < 1.29 is 14.3 Å². The number of esters is 1. The summed E-state index contributed by atoms with van der Waals surface area (Å²) in [6.07, 6.45) is -1.05. The highest BCUT2D eigenvalue weighted by Gasteiger charge is 2.30. The number of nitrogens with zero attached hydrogens (tertiary/aromatic N) is 1. The summed E-state index contributed by atoms with van der Waals surface area (Å²) in [6, 6.07) is 26.2. The molecule has 4 rings (SSSR count). The quantitative estimate of drug-likeness (QED) is 0.255. The Kier molecular flexibility index (Phi) is 6.98. The zero-order valence-electron chi connectivity index (χ0n) is 18.2. The SMILES string of the molecule is CC(C)C(C(=O)OC(C#N)c1cccc(Oc2ccccc2)c1)c1cc2c(Cl)cccc2s1. The van der Waals surface area contributed by atoms with Crippen LogP contribution in [0.15, 0.2) is 78.9 Å². The molecule has 0 aliphatic heterocycles. The Morgan fingerprint density at radius 2 is 1.70 bits per heavy atom. The number of carbonyl (C=O) groups excluding carboxylic acids is 1. The molecule has 6 heteroatoms. The van der Waals surface area contributed by atoms with E-state index in [-0.39, 0.29) is 5.92 Å². The van der Waals surface area contributed by atoms with Crippen LogP contribution in [0.25, 0.3) is 10.1 Å². The number of rotatable bonds is 7. The molecule has 2 atom stereocenters. The largest absolute Gasteiger partial charge is 0.457 e. The van der Waals surface area contributed by atoms with Gasteiger partial charge in [-0.25, -0.2) is 0 Å². The van der Waals surface area contributed by atoms with Crippen molar-refractivity contribution in [1.82, 2.24) is 0 Å². The Bertz CT molecular complexity index is 1310. The van der Waals surface area contributed by atoms with Crippen molar-refractivity contribution in [3.63, 3.8) is 0 Å². The molecule has 4 nitrogen and oxygen atoms in total. The van der Waals surface area contributed by atoms with Crippen LogP contribution in [0, 0.1) is 17.2 Å². The highest BCUT2D eigenvalue weighted by molar-refractivity contribution is 7.19. The number of nitriles is 1. The van der Waals surface area contributed by atoms with Crippen molar-refractivity contribution in [2.75, 3.05) is 0 Å². The summed E-state index contributed by atoms with van der Waals surface area (Å²) in [5, 5.41) is 11.3. The van der Waals surface area contributed by atoms with Gasteiger partial charge in [-0.15, -0.1) is 11.3 Å². The number of benzene rings is 3. The van der Waals surface area contributed by atoms with Crippen molar-refractivity contribution in [2.45, 2.75) is 25.9 Å². The van der Waals surface area contributed by atoms with Gasteiger partial charge in [-0.05, 0) is 48.4 Å². The van der Waals surface area contributed by atoms with Gasteiger partial charge in [0.05, 0.1) is 5.92 Å². The van der Waals surface area contributed by atoms with Crippen molar-refractivity contribution in [1.29, 1.82) is 5.26 Å². The lowest BCUT2D eigenvalue weighted by atomic mass is 9.94. The fourth-order valence-corrected chi connectivity index (χ4v) is 5.28. The molecule has 1 aromatic heterocycles. The van der Waals surface area contributed by atoms with Crippen molar-refractivity contribution in [3.8, 4) is 17.6 Å². The van der Waals surface area contributed by atoms with Gasteiger partial charge < -0.3 is 9.47 Å². The third kappa shape index (κ3) is 5.19. The standard InChI is InChI=1S/C27H22ClNO3S/c1-17(2)26(25-15-21-22(28)12-7-13-24(21)33-25)27(30)32-23(16-29)18-8-6-11-20(14-18)31-19-9-4-3-5-10-19/h3-15,17,23,26H,1-2H3. The van der Waals surface area contributed by atoms with E-state index in [9.17, 15) is 10.1 Å². The smallest absolute Gasteiger partial charge is 0.316 e. The molecule has 0 radical (unpaired) electrons. The Hall–Kier alpha value is -3.33. The van der Waals surface area contributed by atoms with Crippen LogP contribution in [0.2, 0.25) is 5.02 Å². The third-order valence-electron chi connectivity index (χ3n) is 5.25. The number of fused-ring (bicyclic) bond motifs is 1. The number of hydrogen-bond donors (Lipinski definition) is 0. The minimum Gasteiger partial charge on any atom is -0.457 e. The number of halogens is 1. The van der Waals surface area contributed by atoms with Gasteiger partial charge in [0.2, 0.25) is 6.10 Å². The fourth-order valence-electron chi connectivity index (χ4n) is 3.64. The van der Waals surface area contributed by atoms with E-state index in [1.54, 1.807) is 24.3 Å². The molecule has 33 heavy (non-hydrogen) atoms. The molecule has 2 unspecified atom stereocenters. The lowest BCUT2D eigenvalue weighted by molar-refractivity contribution is -0.149. The van der Waals surface area contributed by atoms with Gasteiger partial charge in [0.1, 0.15) is 17.6 Å². The summed E-state index contributed by atoms with van der Waals surface area (Å²) in [5.74, 6) is 0.293. The van der Waals surface area contributed by atoms with E-state index in [1.165, 1.54) is 11.3 Å². The maximum Gasteiger partial charge on any atom is 0.316 e. The van der Waals surface area contributed by atoms with Gasteiger partial charge in [0, 0.05) is 25.5 Å². The molecule has 0 fully saturated rings. The maximum absolute atomic E-state index is 13.2. The fraction of sp³-hybridized carbons (Fsp3) is 0.185. The van der Waals surface area contributed by atoms with E-state index in [0.29, 0.717) is 22.1 Å². The molecule has 0 aliphatic carbocycles. The summed E-state index contributed by atoms with van der Waals surface area (Å²) in [4.78, 5) is 14.1. The lowest BCUT2D eigenvalue weighted by Crippen LogP contribution is -2.22. The highest BCUT2D eigenvalue weighted by atomic mass is 35.5. The molecule has 0 N–H and O–H groups in total. The molecule has 0 saturated carbocycles. The average molecular weight is 476 g/mol. The van der Waals surface area contributed by atoms with Crippen LogP contribution in [-0.4, -0.2) is 5.97 Å². The van der Waals surface area contributed by atoms with Crippen LogP contribution in [0.3, 0.4) is 0 Å². The maximum atomic E-state index is 13.2. The van der Waals surface area contributed by atoms with Gasteiger partial charge in [0.15, 0.2) is 0 Å². The van der Waals surface area contributed by atoms with Gasteiger partial charge >= 0.3 is 5.97 Å². The summed E-state index contributed by atoms with van der Waals surface area (Å²) < 4.78 is 12.6. The number of ether oxygens (including phenoxy) is 2. The zero-order valence-corrected chi connectivity index (χ0v) is 19.8. The molecular weight excluding hydrogens is 454 g/mol. The highest BCUT2D eigenvalue weighted by Crippen LogP contribution is 2.39. The van der Waals surface area contributed by atoms with Crippen LogP contribution < -0.4 is 4.74 Å². The molecule has 0 aliphatic rings. The monoisotopic (exact) mass is 475 g/mol. The zero-order chi connectivity index (χ0) is 23.4. The number of thiophene rings is 1. The summed E-state index contributed by atoms with van der Waals surface area (Å²) >= 11 is 7.85. The predicted octanol–water partition coefficient (Wildman–Crippen LogP) is 7.89. The molecule has 166 valence electrons. The van der Waals surface area contributed by atoms with E-state index in [1.807, 2.05) is 68.4 Å². The van der Waals surface area contributed by atoms with Gasteiger partial charge in [-0.1, -0.05) is 61.8 Å². The minimum atomic E-state index is -1.05. The number of para-hydroxylation sites is 1. The summed E-state index contributed by atoms with van der Waals surface area (Å²) in [5.41, 5.74) is 0.557. The topological polar surface area (TPSA) is 59.3 Å². The van der Waals surface area contributed by atoms with Gasteiger partial charge in [-0.2, -0.15) is 5.26 Å². The lowest BCUT2D eigenvalue weighted by Gasteiger charge is -2.20. The molecular formula is C27H22ClNO3S. The van der Waals surface area contributed by atoms with Crippen LogP contribution in [0.5, 0.6) is 11.5 Å². The van der Waals surface area contributed by atoms with Crippen molar-refractivity contribution >= 4 is 39.0 Å². The van der Waals surface area contributed by atoms with Crippen LogP contribution >= 0.6 is 22.9 Å². The Morgan fingerprint density at radius 3 is 2.39 bits per heavy atom. The first-order chi connectivity index (χ1) is 16.0. The third-order valence-corrected chi connectivity index (χ3v) is 6.76. The normalized spacial score (nSPS) is 12.8. The summed E-state index contributed by atoms with van der Waals surface area (Å²) in [6.45, 7) is 3.93. The van der Waals surface area contributed by atoms with Gasteiger partial charge in [-0.3, -0.25) is 4.79 Å². The summed E-state index contributed by atoms with van der Waals surface area (Å²) in [7, 11) is 0. The van der Waals surface area contributed by atoms with E-state index in [0.717, 1.165) is 15.0 Å². The van der Waals surface area contributed by atoms with Crippen molar-refractivity contribution in [2.24, 2.45) is 5.92 Å². The minimum absolute atomic E-state index is 0.0172. The van der Waals surface area contributed by atoms with Crippen LogP contribution in [0.4, 0.5) is 0 Å². The molecule has 4 aromatic rings. The first-order valence-electron chi connectivity index (χ1n) is 10.6. The van der Waals surface area contributed by atoms with Crippen LogP contribution in [-0.2, 0) is 9.53 Å². The first-order valence-corrected chi connectivity index (χ1v) is 11.8. The molecule has 0 saturated heterocycles. The van der Waals surface area contributed by atoms with E-state index in [4.69, 9.17) is 21.1 Å². The Labute approximate surface area is 202 Å². The second-order valence-corrected chi connectivity index (χ2v) is 9.48. The van der Waals surface area contributed by atoms with E-state index < -0.39 is 18.0 Å². The second kappa shape index (κ2) is 10.1. The van der Waals surface area contributed by atoms with Gasteiger partial charge in [0.25, 0.3) is 0 Å². The van der Waals surface area contributed by atoms with Crippen LogP contribution in [0.1, 0.15) is 36.3 Å². The Morgan fingerprint density at radius 1 is 0.970 bits per heavy atom. The van der Waals surface area contributed by atoms with Crippen molar-refractivity contribution in [3.05, 3.63) is 94.3 Å². The van der Waals surface area contributed by atoms with E-state index >= 15 is 0 Å². The number of carbonyl (C=O) groups is 1. The predicted molar refractivity (Wildman–Crippen MR) is 132 cm³/mol. The molecule has 3 aromatic carbocycles. The second-order valence-electron chi connectivity index (χ2n) is 7.96. The molecule has 0 spiro atoms. The average Bonchev–Trinajstić information content (AvgIpc) is 3.23. The Balaban J connectivity index is 1.56. The molecule has 1 heterocycles. The van der Waals surface area contributed by atoms with E-state index in [2.05, 4.69) is 6.07 Å². The molecule has 0 amide bonds. The molecule has 0 bridgehead atoms.